The van der Waals surface area contributed by atoms with Crippen molar-refractivity contribution in [3.05, 3.63) is 71.2 Å². The summed E-state index contributed by atoms with van der Waals surface area (Å²) in [4.78, 5) is 26.0. The molecule has 2 amide bonds. The van der Waals surface area contributed by atoms with Crippen molar-refractivity contribution in [2.75, 3.05) is 18.4 Å². The van der Waals surface area contributed by atoms with Crippen LogP contribution >= 0.6 is 11.6 Å². The van der Waals surface area contributed by atoms with Gasteiger partial charge >= 0.3 is 0 Å². The molecule has 1 heterocycles. The van der Waals surface area contributed by atoms with Crippen LogP contribution in [0.3, 0.4) is 0 Å². The lowest BCUT2D eigenvalue weighted by Crippen LogP contribution is -2.49. The van der Waals surface area contributed by atoms with Gasteiger partial charge in [0.25, 0.3) is 15.9 Å². The van der Waals surface area contributed by atoms with Crippen LogP contribution in [0, 0.1) is 0 Å². The zero-order valence-electron chi connectivity index (χ0n) is 19.5. The van der Waals surface area contributed by atoms with Gasteiger partial charge < -0.3 is 10.6 Å². The maximum absolute atomic E-state index is 13.9. The van der Waals surface area contributed by atoms with Gasteiger partial charge in [0, 0.05) is 22.9 Å². The number of nitrogens with zero attached hydrogens (tertiary/aromatic N) is 1. The zero-order valence-corrected chi connectivity index (χ0v) is 21.0. The Bertz CT molecular complexity index is 1350. The van der Waals surface area contributed by atoms with Crippen LogP contribution in [0.5, 0.6) is 0 Å². The monoisotopic (exact) mass is 513 g/mol. The molecular formula is C26H28ClN3O4S. The van der Waals surface area contributed by atoms with Crippen LogP contribution in [-0.4, -0.2) is 43.7 Å². The van der Waals surface area contributed by atoms with Crippen LogP contribution in [0.15, 0.2) is 65.6 Å². The molecule has 3 aromatic rings. The van der Waals surface area contributed by atoms with Gasteiger partial charge in [-0.05, 0) is 56.6 Å². The van der Waals surface area contributed by atoms with Crippen molar-refractivity contribution in [1.82, 2.24) is 9.62 Å². The molecule has 4 rings (SSSR count). The van der Waals surface area contributed by atoms with Gasteiger partial charge in [-0.3, -0.25) is 9.59 Å². The zero-order chi connectivity index (χ0) is 25.0. The van der Waals surface area contributed by atoms with Crippen molar-refractivity contribution in [2.45, 2.75) is 43.5 Å². The van der Waals surface area contributed by atoms with Crippen molar-refractivity contribution in [1.29, 1.82) is 0 Å². The third kappa shape index (κ3) is 5.19. The Morgan fingerprint density at radius 3 is 2.34 bits per heavy atom. The number of benzene rings is 3. The maximum atomic E-state index is 13.9. The van der Waals surface area contributed by atoms with E-state index in [0.717, 1.165) is 4.31 Å². The van der Waals surface area contributed by atoms with Gasteiger partial charge in [-0.15, -0.1) is 0 Å². The van der Waals surface area contributed by atoms with Crippen LogP contribution in [0.4, 0.5) is 5.69 Å². The predicted molar refractivity (Wildman–Crippen MR) is 138 cm³/mol. The third-order valence-electron chi connectivity index (χ3n) is 6.14. The molecule has 3 aromatic carbocycles. The number of piperidine rings is 1. The number of halogens is 1. The largest absolute Gasteiger partial charge is 0.321 e. The lowest BCUT2D eigenvalue weighted by atomic mass is 10.1. The minimum atomic E-state index is -4.13. The van der Waals surface area contributed by atoms with Crippen LogP contribution < -0.4 is 10.6 Å². The average molecular weight is 514 g/mol. The van der Waals surface area contributed by atoms with E-state index in [0.29, 0.717) is 59.4 Å². The summed E-state index contributed by atoms with van der Waals surface area (Å²) < 4.78 is 29.0. The molecule has 9 heteroatoms. The van der Waals surface area contributed by atoms with Gasteiger partial charge in [-0.1, -0.05) is 54.9 Å². The number of rotatable bonds is 7. The summed E-state index contributed by atoms with van der Waals surface area (Å²) in [6, 6.07) is 16.3. The van der Waals surface area contributed by atoms with E-state index in [1.54, 1.807) is 54.6 Å². The molecule has 1 saturated heterocycles. The van der Waals surface area contributed by atoms with E-state index in [2.05, 4.69) is 10.6 Å². The molecule has 1 fully saturated rings. The minimum Gasteiger partial charge on any atom is -0.321 e. The Kier molecular flexibility index (Phi) is 7.74. The molecule has 0 atom stereocenters. The van der Waals surface area contributed by atoms with Gasteiger partial charge in [0.05, 0.1) is 21.5 Å². The van der Waals surface area contributed by atoms with Gasteiger partial charge in [-0.2, -0.15) is 0 Å². The van der Waals surface area contributed by atoms with Crippen LogP contribution in [0.1, 0.15) is 43.0 Å². The Labute approximate surface area is 210 Å². The van der Waals surface area contributed by atoms with E-state index in [-0.39, 0.29) is 17.2 Å². The molecule has 1 aliphatic rings. The van der Waals surface area contributed by atoms with Crippen LogP contribution in [-0.2, 0) is 14.8 Å². The van der Waals surface area contributed by atoms with E-state index >= 15 is 0 Å². The van der Waals surface area contributed by atoms with Crippen molar-refractivity contribution in [2.24, 2.45) is 0 Å². The van der Waals surface area contributed by atoms with E-state index in [1.807, 2.05) is 6.92 Å². The first-order chi connectivity index (χ1) is 16.8. The summed E-state index contributed by atoms with van der Waals surface area (Å²) in [5.74, 6) is -0.787. The summed E-state index contributed by atoms with van der Waals surface area (Å²) >= 11 is 6.17. The lowest BCUT2D eigenvalue weighted by Gasteiger charge is -2.34. The molecule has 7 nitrogen and oxygen atoms in total. The molecule has 2 N–H and O–H groups in total. The number of hydrogen-bond acceptors (Lipinski definition) is 5. The molecule has 0 aliphatic carbocycles. The van der Waals surface area contributed by atoms with Crippen LogP contribution in [0.25, 0.3) is 10.8 Å². The van der Waals surface area contributed by atoms with E-state index in [9.17, 15) is 18.0 Å². The number of fused-ring (bicyclic) bond motifs is 1. The van der Waals surface area contributed by atoms with E-state index < -0.39 is 22.0 Å². The topological polar surface area (TPSA) is 95.6 Å². The quantitative estimate of drug-likeness (QED) is 0.472. The lowest BCUT2D eigenvalue weighted by molar-refractivity contribution is -0.128. The molecule has 35 heavy (non-hydrogen) atoms. The summed E-state index contributed by atoms with van der Waals surface area (Å²) in [6.45, 7) is 3.17. The first-order valence-electron chi connectivity index (χ1n) is 11.7. The number of anilines is 1. The Hall–Kier alpha value is -2.94. The maximum Gasteiger partial charge on any atom is 0.267 e. The average Bonchev–Trinajstić information content (AvgIpc) is 2.85. The SMILES string of the molecule is CCCC(=O)N(C1CCNCC1)S(=O)(=O)c1ccc(NC(=O)c2ccccc2Cl)c2ccccc12. The second kappa shape index (κ2) is 10.8. The summed E-state index contributed by atoms with van der Waals surface area (Å²) in [5, 5.41) is 7.39. The van der Waals surface area contributed by atoms with Crippen molar-refractivity contribution in [3.63, 3.8) is 0 Å². The second-order valence-electron chi connectivity index (χ2n) is 8.52. The fourth-order valence-electron chi connectivity index (χ4n) is 4.45. The molecule has 184 valence electrons. The molecule has 0 aromatic heterocycles. The van der Waals surface area contributed by atoms with E-state index in [4.69, 9.17) is 11.6 Å². The summed E-state index contributed by atoms with van der Waals surface area (Å²) in [5.41, 5.74) is 0.773. The smallest absolute Gasteiger partial charge is 0.267 e. The number of nitrogens with one attached hydrogen (secondary N) is 2. The van der Waals surface area contributed by atoms with Gasteiger partial charge in [-0.25, -0.2) is 12.7 Å². The fourth-order valence-corrected chi connectivity index (χ4v) is 6.54. The van der Waals surface area contributed by atoms with Crippen LogP contribution in [0.2, 0.25) is 5.02 Å². The molecule has 0 spiro atoms. The van der Waals surface area contributed by atoms with Gasteiger partial charge in [0.2, 0.25) is 5.91 Å². The fraction of sp³-hybridized carbons (Fsp3) is 0.308. The Morgan fingerprint density at radius 2 is 1.66 bits per heavy atom. The third-order valence-corrected chi connectivity index (χ3v) is 8.40. The molecule has 0 radical (unpaired) electrons. The Balaban J connectivity index is 1.77. The predicted octanol–water partition coefficient (Wildman–Crippen LogP) is 4.81. The summed E-state index contributed by atoms with van der Waals surface area (Å²) in [7, 11) is -4.13. The molecule has 0 bridgehead atoms. The van der Waals surface area contributed by atoms with E-state index in [1.165, 1.54) is 6.07 Å². The standard InChI is InChI=1S/C26H28ClN3O4S/c1-2-7-25(31)30(18-14-16-28-17-15-18)35(33,34)24-13-12-23(19-8-3-4-9-20(19)24)29-26(32)21-10-5-6-11-22(21)27/h3-6,8-13,18,28H,2,7,14-17H2,1H3,(H,29,32). The molecule has 0 saturated carbocycles. The number of hydrogen-bond donors (Lipinski definition) is 2. The normalized spacial score (nSPS) is 14.6. The van der Waals surface area contributed by atoms with Crippen molar-refractivity contribution >= 4 is 49.9 Å². The molecule has 1 aliphatic heterocycles. The number of carbonyl (C=O) groups excluding carboxylic acids is 2. The molecular weight excluding hydrogens is 486 g/mol. The highest BCUT2D eigenvalue weighted by Crippen LogP contribution is 2.33. The first-order valence-corrected chi connectivity index (χ1v) is 13.5. The Morgan fingerprint density at radius 1 is 1.00 bits per heavy atom. The van der Waals surface area contributed by atoms with Crippen molar-refractivity contribution in [3.8, 4) is 0 Å². The minimum absolute atomic E-state index is 0.0480. The molecule has 0 unspecified atom stereocenters. The number of carbonyl (C=O) groups is 2. The highest BCUT2D eigenvalue weighted by Gasteiger charge is 2.36. The van der Waals surface area contributed by atoms with Gasteiger partial charge in [0.15, 0.2) is 0 Å². The highest BCUT2D eigenvalue weighted by molar-refractivity contribution is 7.90. The first kappa shape index (κ1) is 25.2. The number of amides is 2. The van der Waals surface area contributed by atoms with Gasteiger partial charge in [0.1, 0.15) is 0 Å². The second-order valence-corrected chi connectivity index (χ2v) is 10.7. The van der Waals surface area contributed by atoms with Crippen molar-refractivity contribution < 1.29 is 18.0 Å². The summed E-state index contributed by atoms with van der Waals surface area (Å²) in [6.07, 6.45) is 1.85. The highest BCUT2D eigenvalue weighted by atomic mass is 35.5. The number of sulfonamides is 1.